The quantitative estimate of drug-likeness (QED) is 0.175. The van der Waals surface area contributed by atoms with Crippen LogP contribution in [0.5, 0.6) is 0 Å². The molecule has 0 aliphatic heterocycles. The minimum atomic E-state index is -1.19. The third-order valence-corrected chi connectivity index (χ3v) is 5.31. The van der Waals surface area contributed by atoms with Crippen molar-refractivity contribution in [3.63, 3.8) is 0 Å². The van der Waals surface area contributed by atoms with E-state index in [1.54, 1.807) is 0 Å². The van der Waals surface area contributed by atoms with E-state index in [1.165, 1.54) is 37.8 Å². The highest BCUT2D eigenvalue weighted by atomic mass is 19.1. The van der Waals surface area contributed by atoms with Gasteiger partial charge in [-0.15, -0.1) is 0 Å². The van der Waals surface area contributed by atoms with Gasteiger partial charge in [-0.05, 0) is 78.5 Å². The largest absolute Gasteiger partial charge is 0.324 e. The molecule has 1 atom stereocenters. The maximum absolute atomic E-state index is 13.7. The fraction of sp³-hybridized carbons (Fsp3) is 0.778. The summed E-state index contributed by atoms with van der Waals surface area (Å²) in [6.07, 6.45) is 8.92. The van der Waals surface area contributed by atoms with E-state index in [4.69, 9.17) is 14.2 Å². The summed E-state index contributed by atoms with van der Waals surface area (Å²) in [5.74, 6) is -2.35. The third-order valence-electron chi connectivity index (χ3n) is 5.31. The Kier molecular flexibility index (Phi) is 13.6. The molecular formula is C27H46F2O3. The number of ether oxygens (including phenoxy) is 3. The van der Waals surface area contributed by atoms with E-state index in [0.29, 0.717) is 18.4 Å². The van der Waals surface area contributed by atoms with Crippen LogP contribution in [0.2, 0.25) is 0 Å². The first-order valence-electron chi connectivity index (χ1n) is 12.6. The van der Waals surface area contributed by atoms with Gasteiger partial charge in [0.25, 0.3) is 5.97 Å². The smallest absolute Gasteiger partial charge is 0.286 e. The van der Waals surface area contributed by atoms with E-state index in [-0.39, 0.29) is 24.2 Å². The Morgan fingerprint density at radius 3 is 1.62 bits per heavy atom. The molecule has 0 amide bonds. The van der Waals surface area contributed by atoms with Crippen LogP contribution in [0.4, 0.5) is 8.78 Å². The van der Waals surface area contributed by atoms with Crippen LogP contribution >= 0.6 is 0 Å². The molecule has 0 saturated carbocycles. The fourth-order valence-electron chi connectivity index (χ4n) is 4.12. The SMILES string of the molecule is CCCCCCCCC(CCc1cc(F)cc(F)c1)C(OC(C)C)(OC(C)C)OC(C)C. The lowest BCUT2D eigenvalue weighted by atomic mass is 9.90. The van der Waals surface area contributed by atoms with E-state index >= 15 is 0 Å². The summed E-state index contributed by atoms with van der Waals surface area (Å²) in [5, 5.41) is 0. The lowest BCUT2D eigenvalue weighted by molar-refractivity contribution is -0.433. The second-order valence-electron chi connectivity index (χ2n) is 9.67. The molecule has 0 heterocycles. The molecule has 0 fully saturated rings. The summed E-state index contributed by atoms with van der Waals surface area (Å²) in [6, 6.07) is 3.72. The summed E-state index contributed by atoms with van der Waals surface area (Å²) < 4.78 is 46.6. The Hall–Kier alpha value is -1.04. The van der Waals surface area contributed by atoms with Crippen LogP contribution in [-0.4, -0.2) is 24.3 Å². The number of benzene rings is 1. The van der Waals surface area contributed by atoms with Gasteiger partial charge >= 0.3 is 0 Å². The van der Waals surface area contributed by atoms with Crippen molar-refractivity contribution in [3.8, 4) is 0 Å². The van der Waals surface area contributed by atoms with Crippen LogP contribution in [0.15, 0.2) is 18.2 Å². The van der Waals surface area contributed by atoms with E-state index in [0.717, 1.165) is 25.3 Å². The molecule has 0 aliphatic carbocycles. The van der Waals surface area contributed by atoms with Crippen LogP contribution in [0.1, 0.15) is 105 Å². The van der Waals surface area contributed by atoms with Gasteiger partial charge < -0.3 is 14.2 Å². The van der Waals surface area contributed by atoms with Crippen LogP contribution in [0.3, 0.4) is 0 Å². The van der Waals surface area contributed by atoms with E-state index < -0.39 is 17.6 Å². The molecule has 3 nitrogen and oxygen atoms in total. The molecule has 32 heavy (non-hydrogen) atoms. The van der Waals surface area contributed by atoms with Crippen LogP contribution in [-0.2, 0) is 20.6 Å². The average molecular weight is 457 g/mol. The van der Waals surface area contributed by atoms with Gasteiger partial charge in [0.05, 0.1) is 18.3 Å². The first kappa shape index (κ1) is 29.0. The molecule has 5 heteroatoms. The maximum Gasteiger partial charge on any atom is 0.286 e. The first-order valence-corrected chi connectivity index (χ1v) is 12.6. The van der Waals surface area contributed by atoms with Gasteiger partial charge in [0.2, 0.25) is 0 Å². The van der Waals surface area contributed by atoms with Crippen molar-refractivity contribution in [2.45, 2.75) is 131 Å². The van der Waals surface area contributed by atoms with Crippen LogP contribution < -0.4 is 0 Å². The van der Waals surface area contributed by atoms with Crippen molar-refractivity contribution in [1.29, 1.82) is 0 Å². The normalized spacial score (nSPS) is 13.5. The van der Waals surface area contributed by atoms with Crippen molar-refractivity contribution in [2.24, 2.45) is 5.92 Å². The highest BCUT2D eigenvalue weighted by Crippen LogP contribution is 2.37. The van der Waals surface area contributed by atoms with Crippen molar-refractivity contribution in [3.05, 3.63) is 35.4 Å². The van der Waals surface area contributed by atoms with Crippen molar-refractivity contribution in [1.82, 2.24) is 0 Å². The van der Waals surface area contributed by atoms with E-state index in [1.807, 2.05) is 41.5 Å². The van der Waals surface area contributed by atoms with Gasteiger partial charge in [-0.3, -0.25) is 0 Å². The zero-order chi connectivity index (χ0) is 24.1. The van der Waals surface area contributed by atoms with Gasteiger partial charge in [0.1, 0.15) is 11.6 Å². The average Bonchev–Trinajstić information content (AvgIpc) is 2.64. The molecule has 0 radical (unpaired) electrons. The Labute approximate surface area is 195 Å². The van der Waals surface area contributed by atoms with Gasteiger partial charge in [-0.1, -0.05) is 45.4 Å². The van der Waals surface area contributed by atoms with Crippen molar-refractivity contribution >= 4 is 0 Å². The summed E-state index contributed by atoms with van der Waals surface area (Å²) in [7, 11) is 0. The van der Waals surface area contributed by atoms with E-state index in [9.17, 15) is 8.78 Å². The molecular weight excluding hydrogens is 410 g/mol. The third kappa shape index (κ3) is 11.2. The number of hydrogen-bond acceptors (Lipinski definition) is 3. The monoisotopic (exact) mass is 456 g/mol. The number of rotatable bonds is 17. The minimum absolute atomic E-state index is 0.0628. The predicted molar refractivity (Wildman–Crippen MR) is 128 cm³/mol. The van der Waals surface area contributed by atoms with Crippen molar-refractivity contribution in [2.75, 3.05) is 0 Å². The number of unbranched alkanes of at least 4 members (excludes halogenated alkanes) is 5. The van der Waals surface area contributed by atoms with Crippen LogP contribution in [0, 0.1) is 17.6 Å². The molecule has 1 aromatic rings. The predicted octanol–water partition coefficient (Wildman–Crippen LogP) is 8.19. The summed E-state index contributed by atoms with van der Waals surface area (Å²) in [4.78, 5) is 0. The summed E-state index contributed by atoms with van der Waals surface area (Å²) in [5.41, 5.74) is 0.642. The Morgan fingerprint density at radius 2 is 1.16 bits per heavy atom. The van der Waals surface area contributed by atoms with Gasteiger partial charge in [0.15, 0.2) is 0 Å². The number of hydrogen-bond donors (Lipinski definition) is 0. The lowest BCUT2D eigenvalue weighted by Gasteiger charge is -2.43. The van der Waals surface area contributed by atoms with Gasteiger partial charge in [-0.2, -0.15) is 0 Å². The fourth-order valence-corrected chi connectivity index (χ4v) is 4.12. The molecule has 0 saturated heterocycles. The van der Waals surface area contributed by atoms with Crippen LogP contribution in [0.25, 0.3) is 0 Å². The first-order chi connectivity index (χ1) is 15.1. The standard InChI is InChI=1S/C27H46F2O3/c1-8-9-10-11-12-13-14-24(16-15-23-17-25(28)19-26(29)18-23)27(30-20(2)3,31-21(4)5)32-22(6)7/h17-22,24H,8-16H2,1-7H3. The Morgan fingerprint density at radius 1 is 0.688 bits per heavy atom. The number of aryl methyl sites for hydroxylation is 1. The topological polar surface area (TPSA) is 27.7 Å². The molecule has 1 rings (SSSR count). The molecule has 186 valence electrons. The Balaban J connectivity index is 3.10. The Bertz CT molecular complexity index is 585. The second kappa shape index (κ2) is 15.0. The van der Waals surface area contributed by atoms with Crippen molar-refractivity contribution < 1.29 is 23.0 Å². The summed E-state index contributed by atoms with van der Waals surface area (Å²) >= 11 is 0. The lowest BCUT2D eigenvalue weighted by Crippen LogP contribution is -2.51. The van der Waals surface area contributed by atoms with Gasteiger partial charge in [-0.25, -0.2) is 8.78 Å². The minimum Gasteiger partial charge on any atom is -0.324 e. The number of halogens is 2. The molecule has 0 N–H and O–H groups in total. The zero-order valence-electron chi connectivity index (χ0n) is 21.4. The summed E-state index contributed by atoms with van der Waals surface area (Å²) in [6.45, 7) is 14.1. The molecule has 0 spiro atoms. The highest BCUT2D eigenvalue weighted by Gasteiger charge is 2.44. The molecule has 1 aromatic carbocycles. The molecule has 0 bridgehead atoms. The van der Waals surface area contributed by atoms with E-state index in [2.05, 4.69) is 6.92 Å². The second-order valence-corrected chi connectivity index (χ2v) is 9.67. The molecule has 0 aliphatic rings. The maximum atomic E-state index is 13.7. The highest BCUT2D eigenvalue weighted by molar-refractivity contribution is 5.18. The zero-order valence-corrected chi connectivity index (χ0v) is 21.4. The molecule has 1 unspecified atom stereocenters. The molecule has 0 aromatic heterocycles. The van der Waals surface area contributed by atoms with Gasteiger partial charge in [0, 0.05) is 12.0 Å².